The van der Waals surface area contributed by atoms with Crippen molar-refractivity contribution in [3.8, 4) is 11.5 Å². The Morgan fingerprint density at radius 2 is 1.02 bits per heavy atom. The first-order valence-electron chi connectivity index (χ1n) is 17.4. The summed E-state index contributed by atoms with van der Waals surface area (Å²) in [7, 11) is 0. The number of likely N-dealkylation sites (tertiary alicyclic amines) is 2. The number of amides is 3. The zero-order valence-corrected chi connectivity index (χ0v) is 31.8. The van der Waals surface area contributed by atoms with Crippen LogP contribution >= 0.6 is 0 Å². The SMILES string of the molecule is Cc1cc(OC2CCN(C(=O)OC(C)(C)C)CC2)c(C(=O)O)cc1[N+](=O)[O-].Cc1cc(OC2CCN(C(=O)OC(C)(C)C)CC2)c(C(N)=O)cc1[N+](=O)[O-]. The molecule has 0 atom stereocenters. The van der Waals surface area contributed by atoms with Crippen molar-refractivity contribution in [2.75, 3.05) is 26.2 Å². The first kappa shape index (κ1) is 42.7. The third kappa shape index (κ3) is 12.2. The van der Waals surface area contributed by atoms with Gasteiger partial charge in [-0.3, -0.25) is 25.0 Å². The summed E-state index contributed by atoms with van der Waals surface area (Å²) in [5, 5.41) is 31.4. The largest absolute Gasteiger partial charge is 0.489 e. The smallest absolute Gasteiger partial charge is 0.410 e. The fraction of sp³-hybridized carbons (Fsp3) is 0.556. The minimum atomic E-state index is -1.29. The molecule has 3 N–H and O–H groups in total. The van der Waals surface area contributed by atoms with E-state index < -0.39 is 39.0 Å². The summed E-state index contributed by atoms with van der Waals surface area (Å²) in [4.78, 5) is 71.4. The van der Waals surface area contributed by atoms with E-state index in [0.29, 0.717) is 63.0 Å². The summed E-state index contributed by atoms with van der Waals surface area (Å²) in [6, 6.07) is 4.99. The molecular weight excluding hydrogens is 710 g/mol. The van der Waals surface area contributed by atoms with Gasteiger partial charge in [0.25, 0.3) is 17.3 Å². The van der Waals surface area contributed by atoms with Gasteiger partial charge in [0.1, 0.15) is 40.5 Å². The molecule has 2 aromatic carbocycles. The Balaban J connectivity index is 0.000000290. The molecule has 2 aromatic rings. The first-order valence-corrected chi connectivity index (χ1v) is 17.4. The number of rotatable bonds is 8. The summed E-state index contributed by atoms with van der Waals surface area (Å²) < 4.78 is 22.4. The van der Waals surface area contributed by atoms with E-state index in [1.165, 1.54) is 19.1 Å². The number of primary amides is 1. The van der Waals surface area contributed by atoms with Crippen molar-refractivity contribution < 1.29 is 53.1 Å². The van der Waals surface area contributed by atoms with E-state index in [9.17, 15) is 44.5 Å². The highest BCUT2D eigenvalue weighted by Gasteiger charge is 2.31. The Morgan fingerprint density at radius 3 is 1.31 bits per heavy atom. The van der Waals surface area contributed by atoms with E-state index in [1.54, 1.807) is 37.5 Å². The highest BCUT2D eigenvalue weighted by molar-refractivity contribution is 5.96. The number of aryl methyl sites for hydroxylation is 2. The van der Waals surface area contributed by atoms with E-state index >= 15 is 0 Å². The lowest BCUT2D eigenvalue weighted by Gasteiger charge is -2.33. The molecule has 2 aliphatic rings. The molecule has 2 aliphatic heterocycles. The molecule has 0 aliphatic carbocycles. The second kappa shape index (κ2) is 17.4. The Hall–Kier alpha value is -5.68. The Bertz CT molecular complexity index is 1620. The number of carbonyl (C=O) groups excluding carboxylic acids is 3. The van der Waals surface area contributed by atoms with Crippen molar-refractivity contribution in [3.63, 3.8) is 0 Å². The monoisotopic (exact) mass is 759 g/mol. The van der Waals surface area contributed by atoms with Crippen molar-refractivity contribution in [2.24, 2.45) is 5.73 Å². The number of piperidine rings is 2. The standard InChI is InChI=1S/C18H25N3O6.C18H24N2O7/c1-11-9-15(13(16(19)22)10-14(11)21(24)25)26-12-5-7-20(8-6-12)17(23)27-18(2,3)4;1-11-9-15(13(16(21)22)10-14(11)20(24)25)26-12-5-7-19(8-6-12)17(23)27-18(2,3)4/h9-10,12H,5-8H2,1-4H3,(H2,19,22);9-10,12H,5-8H2,1-4H3,(H,21,22). The minimum Gasteiger partial charge on any atom is -0.489 e. The van der Waals surface area contributed by atoms with Crippen molar-refractivity contribution >= 4 is 35.4 Å². The molecule has 0 unspecified atom stereocenters. The molecule has 0 bridgehead atoms. The van der Waals surface area contributed by atoms with Crippen LogP contribution in [0.5, 0.6) is 11.5 Å². The third-order valence-corrected chi connectivity index (χ3v) is 8.26. The molecule has 18 nitrogen and oxygen atoms in total. The highest BCUT2D eigenvalue weighted by Crippen LogP contribution is 2.32. The maximum atomic E-state index is 12.1. The summed E-state index contributed by atoms with van der Waals surface area (Å²) in [5.41, 5.74) is 4.20. The molecule has 3 amide bonds. The van der Waals surface area contributed by atoms with Crippen LogP contribution in [0.4, 0.5) is 21.0 Å². The number of nitrogens with two attached hydrogens (primary N) is 1. The normalized spacial score (nSPS) is 15.3. The predicted octanol–water partition coefficient (Wildman–Crippen LogP) is 6.16. The molecule has 2 fully saturated rings. The number of ether oxygens (including phenoxy) is 4. The molecule has 0 saturated carbocycles. The van der Waals surface area contributed by atoms with Gasteiger partial charge in [0.2, 0.25) is 0 Å². The van der Waals surface area contributed by atoms with Crippen LogP contribution in [0.3, 0.4) is 0 Å². The maximum Gasteiger partial charge on any atom is 0.410 e. The fourth-order valence-corrected chi connectivity index (χ4v) is 5.61. The summed E-state index contributed by atoms with van der Waals surface area (Å²) in [6.45, 7) is 15.7. The van der Waals surface area contributed by atoms with Crippen molar-refractivity contribution in [2.45, 2.75) is 104 Å². The van der Waals surface area contributed by atoms with E-state index in [4.69, 9.17) is 24.7 Å². The molecule has 54 heavy (non-hydrogen) atoms. The number of aromatic carboxylic acids is 1. The van der Waals surface area contributed by atoms with E-state index in [-0.39, 0.29) is 52.3 Å². The van der Waals surface area contributed by atoms with Crippen LogP contribution in [-0.2, 0) is 9.47 Å². The van der Waals surface area contributed by atoms with Gasteiger partial charge < -0.3 is 39.6 Å². The van der Waals surface area contributed by atoms with Gasteiger partial charge in [0.15, 0.2) is 0 Å². The molecule has 18 heteroatoms. The first-order chi connectivity index (χ1) is 25.0. The lowest BCUT2D eigenvalue weighted by atomic mass is 10.1. The zero-order chi connectivity index (χ0) is 40.7. The maximum absolute atomic E-state index is 12.1. The molecular formula is C36H49N5O13. The Labute approximate surface area is 312 Å². The van der Waals surface area contributed by atoms with Crippen LogP contribution in [0.25, 0.3) is 0 Å². The van der Waals surface area contributed by atoms with Crippen LogP contribution in [0.15, 0.2) is 24.3 Å². The number of hydrogen-bond donors (Lipinski definition) is 2. The Morgan fingerprint density at radius 1 is 0.685 bits per heavy atom. The van der Waals surface area contributed by atoms with Crippen LogP contribution < -0.4 is 15.2 Å². The average Bonchev–Trinajstić information content (AvgIpc) is 3.03. The molecule has 2 saturated heterocycles. The predicted molar refractivity (Wildman–Crippen MR) is 194 cm³/mol. The van der Waals surface area contributed by atoms with E-state index in [1.807, 2.05) is 20.8 Å². The van der Waals surface area contributed by atoms with Gasteiger partial charge in [-0.05, 0) is 67.5 Å². The van der Waals surface area contributed by atoms with Gasteiger partial charge >= 0.3 is 18.2 Å². The molecule has 4 rings (SSSR count). The summed E-state index contributed by atoms with van der Waals surface area (Å²) in [5.74, 6) is -1.76. The number of carboxylic acids is 1. The van der Waals surface area contributed by atoms with E-state index in [2.05, 4.69) is 0 Å². The van der Waals surface area contributed by atoms with E-state index in [0.717, 1.165) is 12.1 Å². The lowest BCUT2D eigenvalue weighted by Crippen LogP contribution is -2.44. The lowest BCUT2D eigenvalue weighted by molar-refractivity contribution is -0.385. The van der Waals surface area contributed by atoms with Crippen molar-refractivity contribution in [3.05, 3.63) is 66.7 Å². The zero-order valence-electron chi connectivity index (χ0n) is 31.8. The molecule has 0 radical (unpaired) electrons. The number of carbonyl (C=O) groups is 4. The van der Waals surface area contributed by atoms with Gasteiger partial charge in [-0.1, -0.05) is 0 Å². The van der Waals surface area contributed by atoms with Gasteiger partial charge in [0, 0.05) is 75.1 Å². The molecule has 0 aromatic heterocycles. The highest BCUT2D eigenvalue weighted by atomic mass is 16.6. The van der Waals surface area contributed by atoms with Crippen LogP contribution in [0.1, 0.15) is 99.1 Å². The van der Waals surface area contributed by atoms with Gasteiger partial charge in [-0.25, -0.2) is 14.4 Å². The number of nitro groups is 2. The summed E-state index contributed by atoms with van der Waals surface area (Å²) in [6.07, 6.45) is 0.831. The van der Waals surface area contributed by atoms with Crippen molar-refractivity contribution in [1.82, 2.24) is 9.80 Å². The number of benzene rings is 2. The van der Waals surface area contributed by atoms with Gasteiger partial charge in [0.05, 0.1) is 15.4 Å². The fourth-order valence-electron chi connectivity index (χ4n) is 5.61. The number of hydrogen-bond acceptors (Lipinski definition) is 12. The summed E-state index contributed by atoms with van der Waals surface area (Å²) >= 11 is 0. The van der Waals surface area contributed by atoms with Crippen LogP contribution in [0.2, 0.25) is 0 Å². The number of nitro benzene ring substituents is 2. The second-order valence-corrected chi connectivity index (χ2v) is 15.0. The topological polar surface area (TPSA) is 244 Å². The van der Waals surface area contributed by atoms with Gasteiger partial charge in [-0.15, -0.1) is 0 Å². The number of carboxylic acid groups (broad SMARTS) is 1. The van der Waals surface area contributed by atoms with Crippen LogP contribution in [0, 0.1) is 34.1 Å². The second-order valence-electron chi connectivity index (χ2n) is 15.0. The van der Waals surface area contributed by atoms with Crippen molar-refractivity contribution in [1.29, 1.82) is 0 Å². The van der Waals surface area contributed by atoms with Gasteiger partial charge in [-0.2, -0.15) is 0 Å². The minimum absolute atomic E-state index is 0.0260. The molecule has 296 valence electrons. The molecule has 0 spiro atoms. The van der Waals surface area contributed by atoms with Crippen LogP contribution in [-0.4, -0.2) is 98.4 Å². The quantitative estimate of drug-likeness (QED) is 0.226. The molecule has 2 heterocycles. The Kier molecular flexibility index (Phi) is 13.8. The average molecular weight is 760 g/mol. The number of nitrogens with zero attached hydrogens (tertiary/aromatic N) is 4. The third-order valence-electron chi connectivity index (χ3n) is 8.26.